The maximum absolute atomic E-state index is 6.52. The molecule has 302 valence electrons. The van der Waals surface area contributed by atoms with Gasteiger partial charge in [-0.1, -0.05) is 79.7 Å². The van der Waals surface area contributed by atoms with E-state index >= 15 is 0 Å². The third-order valence-corrected chi connectivity index (χ3v) is 13.9. The molecule has 5 heterocycles. The van der Waals surface area contributed by atoms with E-state index in [1.165, 1.54) is 76.4 Å². The van der Waals surface area contributed by atoms with Crippen molar-refractivity contribution in [3.63, 3.8) is 0 Å². The molecule has 0 fully saturated rings. The maximum Gasteiger partial charge on any atom is 0.254 e. The fourth-order valence-electron chi connectivity index (χ4n) is 9.52. The Bertz CT molecular complexity index is 2660. The molecular formula is C51H55BN2O4S. The number of hydrogen-bond donors (Lipinski definition) is 0. The predicted octanol–water partition coefficient (Wildman–Crippen LogP) is 11.6. The summed E-state index contributed by atoms with van der Waals surface area (Å²) >= 11 is 1.92. The zero-order valence-electron chi connectivity index (χ0n) is 36.3. The second kappa shape index (κ2) is 13.7. The fraction of sp³-hybridized carbons (Fsp3) is 0.373. The Kier molecular flexibility index (Phi) is 8.88. The Morgan fingerprint density at radius 3 is 1.81 bits per heavy atom. The summed E-state index contributed by atoms with van der Waals surface area (Å²) in [5.74, 6) is 3.46. The summed E-state index contributed by atoms with van der Waals surface area (Å²) in [5, 5.41) is 2.60. The lowest BCUT2D eigenvalue weighted by molar-refractivity contribution is 0.296. The number of rotatable bonds is 3. The normalized spacial score (nSPS) is 15.8. The molecule has 59 heavy (non-hydrogen) atoms. The number of hydrogen-bond acceptors (Lipinski definition) is 7. The third-order valence-electron chi connectivity index (χ3n) is 12.7. The highest BCUT2D eigenvalue weighted by molar-refractivity contribution is 7.26. The molecule has 8 heteroatoms. The molecule has 10 rings (SSSR count). The quantitative estimate of drug-likeness (QED) is 0.166. The van der Waals surface area contributed by atoms with Crippen LogP contribution in [-0.2, 0) is 10.8 Å². The van der Waals surface area contributed by atoms with Gasteiger partial charge in [-0.3, -0.25) is 0 Å². The standard InChI is InChI=1S/C51H55BN2O4S/c1-29(2)32-23-39-47-40(24-32)54(48-30(3)21-34(22-31(48)4)51(8,9)10)49-46(36-25-33(50(5,6)7)13-16-45(36)59-49)52(47)37-27-43-44(58-20-12-19-57-43)28-38(37)53(39)35-14-15-41-42(26-35)56-18-11-17-55-41/h13-16,21-29H,11-12,17-20H2,1-10H3. The van der Waals surface area contributed by atoms with E-state index in [4.69, 9.17) is 18.9 Å². The van der Waals surface area contributed by atoms with Crippen molar-refractivity contribution in [1.29, 1.82) is 0 Å². The van der Waals surface area contributed by atoms with Gasteiger partial charge in [0.1, 0.15) is 0 Å². The van der Waals surface area contributed by atoms with Crippen molar-refractivity contribution in [1.82, 2.24) is 0 Å². The van der Waals surface area contributed by atoms with E-state index < -0.39 is 0 Å². The average molecular weight is 803 g/mol. The van der Waals surface area contributed by atoms with E-state index in [9.17, 15) is 0 Å². The third kappa shape index (κ3) is 6.19. The largest absolute Gasteiger partial charge is 0.490 e. The number of thiophene rings is 1. The highest BCUT2D eigenvalue weighted by Crippen LogP contribution is 2.52. The Balaban J connectivity index is 1.34. The first-order valence-electron chi connectivity index (χ1n) is 21.5. The molecule has 4 aliphatic heterocycles. The van der Waals surface area contributed by atoms with E-state index in [0.29, 0.717) is 26.4 Å². The molecule has 0 radical (unpaired) electrons. The van der Waals surface area contributed by atoms with Crippen LogP contribution in [-0.4, -0.2) is 33.1 Å². The minimum Gasteiger partial charge on any atom is -0.490 e. The van der Waals surface area contributed by atoms with Crippen molar-refractivity contribution >= 4 is 78.0 Å². The van der Waals surface area contributed by atoms with E-state index in [1.54, 1.807) is 0 Å². The lowest BCUT2D eigenvalue weighted by atomic mass is 9.33. The van der Waals surface area contributed by atoms with Gasteiger partial charge >= 0.3 is 0 Å². The number of fused-ring (bicyclic) bond motifs is 8. The summed E-state index contributed by atoms with van der Waals surface area (Å²) in [6, 6.07) is 27.9. The van der Waals surface area contributed by atoms with Gasteiger partial charge in [-0.25, -0.2) is 0 Å². The molecule has 0 bridgehead atoms. The van der Waals surface area contributed by atoms with Crippen molar-refractivity contribution in [3.8, 4) is 23.0 Å². The maximum atomic E-state index is 6.52. The second-order valence-corrected chi connectivity index (χ2v) is 20.3. The molecular weight excluding hydrogens is 747 g/mol. The molecule has 0 aliphatic carbocycles. The molecule has 4 aliphatic rings. The molecule has 0 atom stereocenters. The van der Waals surface area contributed by atoms with E-state index in [0.717, 1.165) is 47.2 Å². The minimum absolute atomic E-state index is 0.0105. The molecule has 0 spiro atoms. The van der Waals surface area contributed by atoms with Crippen LogP contribution in [0.15, 0.2) is 72.8 Å². The minimum atomic E-state index is -0.0605. The van der Waals surface area contributed by atoms with Crippen LogP contribution in [0.25, 0.3) is 10.1 Å². The van der Waals surface area contributed by atoms with Crippen molar-refractivity contribution < 1.29 is 18.9 Å². The molecule has 1 aromatic heterocycles. The van der Waals surface area contributed by atoms with Crippen LogP contribution in [0.1, 0.15) is 102 Å². The monoisotopic (exact) mass is 802 g/mol. The fourth-order valence-corrected chi connectivity index (χ4v) is 10.8. The van der Waals surface area contributed by atoms with Crippen LogP contribution in [0, 0.1) is 13.8 Å². The zero-order chi connectivity index (χ0) is 41.1. The molecule has 6 aromatic rings. The zero-order valence-corrected chi connectivity index (χ0v) is 37.1. The topological polar surface area (TPSA) is 43.4 Å². The van der Waals surface area contributed by atoms with Gasteiger partial charge in [0.2, 0.25) is 0 Å². The van der Waals surface area contributed by atoms with Crippen LogP contribution in [0.2, 0.25) is 0 Å². The summed E-state index contributed by atoms with van der Waals surface area (Å²) in [5.41, 5.74) is 16.2. The second-order valence-electron chi connectivity index (χ2n) is 19.3. The first-order chi connectivity index (χ1) is 28.2. The number of nitrogens with zero attached hydrogens (tertiary/aromatic N) is 2. The number of benzene rings is 5. The van der Waals surface area contributed by atoms with Gasteiger partial charge in [0.25, 0.3) is 6.71 Å². The number of ether oxygens (including phenoxy) is 4. The molecule has 6 nitrogen and oxygen atoms in total. The van der Waals surface area contributed by atoms with E-state index in [1.807, 2.05) is 11.3 Å². The summed E-state index contributed by atoms with van der Waals surface area (Å²) in [4.78, 5) is 5.09. The van der Waals surface area contributed by atoms with Gasteiger partial charge in [-0.2, -0.15) is 0 Å². The number of anilines is 6. The SMILES string of the molecule is Cc1cc(C(C)(C)C)cc(C)c1N1c2cc(C(C)C)cc3c2B(c2cc4c(cc2N3c2ccc3c(c2)OCCCO3)OCCCO4)c2c1sc1ccc(C(C)(C)C)cc21. The number of aryl methyl sites for hydroxylation is 2. The van der Waals surface area contributed by atoms with Gasteiger partial charge in [-0.15, -0.1) is 11.3 Å². The highest BCUT2D eigenvalue weighted by Gasteiger charge is 2.47. The van der Waals surface area contributed by atoms with E-state index in [-0.39, 0.29) is 23.5 Å². The van der Waals surface area contributed by atoms with Gasteiger partial charge in [-0.05, 0) is 117 Å². The van der Waals surface area contributed by atoms with Crippen LogP contribution >= 0.6 is 11.3 Å². The summed E-state index contributed by atoms with van der Waals surface area (Å²) in [6.45, 7) is 25.6. The first kappa shape index (κ1) is 38.1. The van der Waals surface area contributed by atoms with Crippen LogP contribution in [0.4, 0.5) is 33.4 Å². The highest BCUT2D eigenvalue weighted by atomic mass is 32.1. The lowest BCUT2D eigenvalue weighted by Crippen LogP contribution is -2.61. The van der Waals surface area contributed by atoms with Crippen LogP contribution < -0.4 is 45.1 Å². The lowest BCUT2D eigenvalue weighted by Gasteiger charge is -2.44. The summed E-state index contributed by atoms with van der Waals surface area (Å²) in [7, 11) is 0. The Morgan fingerprint density at radius 2 is 1.19 bits per heavy atom. The van der Waals surface area contributed by atoms with Gasteiger partial charge in [0, 0.05) is 46.7 Å². The Labute approximate surface area is 354 Å². The first-order valence-corrected chi connectivity index (χ1v) is 22.3. The molecule has 0 saturated heterocycles. The van der Waals surface area contributed by atoms with Gasteiger partial charge in [0.15, 0.2) is 23.0 Å². The van der Waals surface area contributed by atoms with Gasteiger partial charge in [0.05, 0.1) is 42.8 Å². The van der Waals surface area contributed by atoms with Crippen LogP contribution in [0.3, 0.4) is 0 Å². The van der Waals surface area contributed by atoms with Gasteiger partial charge < -0.3 is 28.7 Å². The summed E-state index contributed by atoms with van der Waals surface area (Å²) < 4.78 is 26.8. The molecule has 0 N–H and O–H groups in total. The summed E-state index contributed by atoms with van der Waals surface area (Å²) in [6.07, 6.45) is 1.69. The Hall–Kier alpha value is -5.08. The van der Waals surface area contributed by atoms with Crippen molar-refractivity contribution in [2.24, 2.45) is 0 Å². The van der Waals surface area contributed by atoms with Crippen molar-refractivity contribution in [2.75, 3.05) is 36.2 Å². The van der Waals surface area contributed by atoms with Crippen molar-refractivity contribution in [2.45, 2.75) is 98.8 Å². The smallest absolute Gasteiger partial charge is 0.254 e. The predicted molar refractivity (Wildman–Crippen MR) is 248 cm³/mol. The molecule has 5 aromatic carbocycles. The van der Waals surface area contributed by atoms with Crippen LogP contribution in [0.5, 0.6) is 23.0 Å². The Morgan fingerprint density at radius 1 is 0.593 bits per heavy atom. The average Bonchev–Trinajstić information content (AvgIpc) is 3.30. The van der Waals surface area contributed by atoms with E-state index in [2.05, 4.69) is 152 Å². The van der Waals surface area contributed by atoms with Crippen molar-refractivity contribution in [3.05, 3.63) is 101 Å². The molecule has 0 saturated carbocycles. The molecule has 0 unspecified atom stereocenters. The molecule has 0 amide bonds.